The van der Waals surface area contributed by atoms with Gasteiger partial charge in [0.1, 0.15) is 12.0 Å². The molecule has 0 aliphatic carbocycles. The molecule has 5 heteroatoms. The smallest absolute Gasteiger partial charge is 0.256 e. The van der Waals surface area contributed by atoms with Crippen molar-refractivity contribution in [2.24, 2.45) is 5.73 Å². The molecule has 3 N–H and O–H groups in total. The highest BCUT2D eigenvalue weighted by Crippen LogP contribution is 2.13. The maximum Gasteiger partial charge on any atom is 0.256 e. The lowest BCUT2D eigenvalue weighted by molar-refractivity contribution is 0.102. The molecular weight excluding hydrogens is 242 g/mol. The van der Waals surface area contributed by atoms with E-state index in [1.54, 1.807) is 6.07 Å². The number of aryl methyl sites for hydroxylation is 1. The number of benzene rings is 1. The van der Waals surface area contributed by atoms with Gasteiger partial charge < -0.3 is 15.6 Å². The molecule has 0 fully saturated rings. The van der Waals surface area contributed by atoms with Gasteiger partial charge >= 0.3 is 0 Å². The van der Waals surface area contributed by atoms with Crippen molar-refractivity contribution in [3.05, 3.63) is 47.3 Å². The van der Waals surface area contributed by atoms with Crippen LogP contribution in [-0.4, -0.2) is 17.6 Å². The highest BCUT2D eigenvalue weighted by molar-refractivity contribution is 6.05. The van der Waals surface area contributed by atoms with Gasteiger partial charge in [-0.15, -0.1) is 0 Å². The first-order valence-electron chi connectivity index (χ1n) is 5.71. The average molecular weight is 255 g/mol. The average Bonchev–Trinajstić information content (AvgIpc) is 2.90. The van der Waals surface area contributed by atoms with Crippen molar-refractivity contribution in [1.29, 1.82) is 0 Å². The Hall–Kier alpha value is -2.58. The second-order valence-corrected chi connectivity index (χ2v) is 3.90. The summed E-state index contributed by atoms with van der Waals surface area (Å²) in [7, 11) is 0. The van der Waals surface area contributed by atoms with Crippen LogP contribution in [0.4, 0.5) is 5.69 Å². The maximum absolute atomic E-state index is 12.1. The van der Waals surface area contributed by atoms with Gasteiger partial charge in [-0.05, 0) is 24.6 Å². The van der Waals surface area contributed by atoms with Gasteiger partial charge in [-0.3, -0.25) is 4.79 Å². The zero-order chi connectivity index (χ0) is 13.7. The summed E-state index contributed by atoms with van der Waals surface area (Å²) in [4.78, 5) is 12.1. The number of amides is 1. The van der Waals surface area contributed by atoms with Gasteiger partial charge in [0.05, 0.1) is 12.7 Å². The number of hydrogen-bond donors (Lipinski definition) is 2. The highest BCUT2D eigenvalue weighted by atomic mass is 16.5. The van der Waals surface area contributed by atoms with Gasteiger partial charge in [-0.2, -0.15) is 0 Å². The number of hydrogen-bond acceptors (Lipinski definition) is 4. The third-order valence-corrected chi connectivity index (χ3v) is 2.51. The van der Waals surface area contributed by atoms with E-state index in [1.807, 2.05) is 19.1 Å². The molecule has 96 valence electrons. The Morgan fingerprint density at radius 3 is 3.05 bits per heavy atom. The Morgan fingerprint density at radius 1 is 1.53 bits per heavy atom. The fourth-order valence-electron chi connectivity index (χ4n) is 1.56. The van der Waals surface area contributed by atoms with Gasteiger partial charge in [0, 0.05) is 11.1 Å². The molecule has 0 saturated carbocycles. The van der Waals surface area contributed by atoms with Crippen LogP contribution in [0.3, 0.4) is 0 Å². The molecule has 0 aliphatic rings. The minimum Gasteiger partial charge on any atom is -0.363 e. The molecule has 0 unspecified atom stereocenters. The lowest BCUT2D eigenvalue weighted by atomic mass is 10.0. The molecule has 19 heavy (non-hydrogen) atoms. The second kappa shape index (κ2) is 5.85. The molecule has 2 aromatic rings. The molecule has 0 radical (unpaired) electrons. The van der Waals surface area contributed by atoms with E-state index >= 15 is 0 Å². The lowest BCUT2D eigenvalue weighted by Gasteiger charge is -2.06. The summed E-state index contributed by atoms with van der Waals surface area (Å²) in [6.07, 6.45) is 2.80. The van der Waals surface area contributed by atoms with E-state index in [2.05, 4.69) is 26.8 Å². The molecular formula is C14H13N3O2. The van der Waals surface area contributed by atoms with Crippen LogP contribution in [-0.2, 0) is 0 Å². The molecule has 1 heterocycles. The fourth-order valence-corrected chi connectivity index (χ4v) is 1.56. The van der Waals surface area contributed by atoms with E-state index in [-0.39, 0.29) is 12.5 Å². The van der Waals surface area contributed by atoms with Gasteiger partial charge in [0.25, 0.3) is 5.91 Å². The molecule has 0 saturated heterocycles. The molecule has 1 aromatic heterocycles. The maximum atomic E-state index is 12.1. The first-order valence-corrected chi connectivity index (χ1v) is 5.71. The number of nitrogens with one attached hydrogen (secondary N) is 1. The quantitative estimate of drug-likeness (QED) is 0.798. The zero-order valence-electron chi connectivity index (χ0n) is 10.4. The van der Waals surface area contributed by atoms with Crippen LogP contribution < -0.4 is 11.1 Å². The summed E-state index contributed by atoms with van der Waals surface area (Å²) >= 11 is 0. The van der Waals surface area contributed by atoms with Crippen LogP contribution in [0.1, 0.15) is 21.5 Å². The monoisotopic (exact) mass is 255 g/mol. The van der Waals surface area contributed by atoms with E-state index in [0.29, 0.717) is 11.3 Å². The van der Waals surface area contributed by atoms with E-state index < -0.39 is 0 Å². The Morgan fingerprint density at radius 2 is 2.37 bits per heavy atom. The van der Waals surface area contributed by atoms with E-state index in [1.165, 1.54) is 12.5 Å². The predicted octanol–water partition coefficient (Wildman–Crippen LogP) is 1.55. The summed E-state index contributed by atoms with van der Waals surface area (Å²) in [6.45, 7) is 2.15. The minimum absolute atomic E-state index is 0.225. The second-order valence-electron chi connectivity index (χ2n) is 3.90. The van der Waals surface area contributed by atoms with E-state index in [9.17, 15) is 4.79 Å². The fraction of sp³-hybridized carbons (Fsp3) is 0.143. The number of aromatic nitrogens is 1. The number of anilines is 1. The molecule has 0 bridgehead atoms. The summed E-state index contributed by atoms with van der Waals surface area (Å²) < 4.78 is 4.66. The summed E-state index contributed by atoms with van der Waals surface area (Å²) in [6, 6.07) is 5.44. The van der Waals surface area contributed by atoms with Crippen molar-refractivity contribution in [1.82, 2.24) is 5.16 Å². The van der Waals surface area contributed by atoms with Crippen LogP contribution >= 0.6 is 0 Å². The number of carbonyl (C=O) groups is 1. The Balaban J connectivity index is 2.25. The third-order valence-electron chi connectivity index (χ3n) is 2.51. The largest absolute Gasteiger partial charge is 0.363 e. The number of nitrogens with two attached hydrogens (primary N) is 1. The van der Waals surface area contributed by atoms with Crippen molar-refractivity contribution in [2.75, 3.05) is 11.9 Å². The molecule has 2 rings (SSSR count). The van der Waals surface area contributed by atoms with Gasteiger partial charge in [0.2, 0.25) is 0 Å². The van der Waals surface area contributed by atoms with Crippen molar-refractivity contribution < 1.29 is 9.32 Å². The van der Waals surface area contributed by atoms with Gasteiger partial charge in [-0.25, -0.2) is 0 Å². The van der Waals surface area contributed by atoms with Crippen molar-refractivity contribution >= 4 is 11.6 Å². The van der Waals surface area contributed by atoms with Crippen LogP contribution in [0.25, 0.3) is 0 Å². The SMILES string of the molecule is Cc1ccc(C#CCN)cc1C(=O)Nc1cnoc1. The number of rotatable bonds is 2. The first-order chi connectivity index (χ1) is 9.20. The number of nitrogens with zero attached hydrogens (tertiary/aromatic N) is 1. The van der Waals surface area contributed by atoms with Crippen molar-refractivity contribution in [3.63, 3.8) is 0 Å². The van der Waals surface area contributed by atoms with Crippen LogP contribution in [0, 0.1) is 18.8 Å². The molecule has 0 atom stereocenters. The van der Waals surface area contributed by atoms with Crippen LogP contribution in [0.5, 0.6) is 0 Å². The topological polar surface area (TPSA) is 81.2 Å². The number of carbonyl (C=O) groups excluding carboxylic acids is 1. The normalized spacial score (nSPS) is 9.58. The molecule has 0 aliphatic heterocycles. The predicted molar refractivity (Wildman–Crippen MR) is 71.6 cm³/mol. The molecule has 1 amide bonds. The van der Waals surface area contributed by atoms with E-state index in [4.69, 9.17) is 5.73 Å². The lowest BCUT2D eigenvalue weighted by Crippen LogP contribution is -2.13. The Bertz CT molecular complexity index is 636. The van der Waals surface area contributed by atoms with Crippen LogP contribution in [0.2, 0.25) is 0 Å². The molecule has 0 spiro atoms. The third kappa shape index (κ3) is 3.21. The summed E-state index contributed by atoms with van der Waals surface area (Å²) in [5.41, 5.74) is 8.02. The van der Waals surface area contributed by atoms with Crippen molar-refractivity contribution in [2.45, 2.75) is 6.92 Å². The Labute approximate surface area is 110 Å². The van der Waals surface area contributed by atoms with Gasteiger partial charge in [0.15, 0.2) is 0 Å². The molecule has 5 nitrogen and oxygen atoms in total. The molecule has 1 aromatic carbocycles. The summed E-state index contributed by atoms with van der Waals surface area (Å²) in [5.74, 6) is 5.43. The standard InChI is InChI=1S/C14H13N3O2/c1-10-4-5-11(3-2-6-15)7-13(10)14(18)17-12-8-16-19-9-12/h4-5,7-9H,6,15H2,1H3,(H,17,18). The highest BCUT2D eigenvalue weighted by Gasteiger charge is 2.10. The van der Waals surface area contributed by atoms with Gasteiger partial charge in [-0.1, -0.05) is 23.1 Å². The minimum atomic E-state index is -0.225. The first kappa shape index (κ1) is 12.9. The Kier molecular flexibility index (Phi) is 3.96. The van der Waals surface area contributed by atoms with Crippen molar-refractivity contribution in [3.8, 4) is 11.8 Å². The van der Waals surface area contributed by atoms with E-state index in [0.717, 1.165) is 11.1 Å². The zero-order valence-corrected chi connectivity index (χ0v) is 10.4. The summed E-state index contributed by atoms with van der Waals surface area (Å²) in [5, 5.41) is 6.22. The van der Waals surface area contributed by atoms with Crippen LogP contribution in [0.15, 0.2) is 35.2 Å².